The van der Waals surface area contributed by atoms with Crippen molar-refractivity contribution in [1.29, 1.82) is 0 Å². The Morgan fingerprint density at radius 3 is 2.26 bits per heavy atom. The topological polar surface area (TPSA) is 84.3 Å². The quantitative estimate of drug-likeness (QED) is 0.401. The van der Waals surface area contributed by atoms with Gasteiger partial charge in [-0.1, -0.05) is 42.5 Å². The van der Waals surface area contributed by atoms with Crippen LogP contribution in [0.25, 0.3) is 11.3 Å². The summed E-state index contributed by atoms with van der Waals surface area (Å²) in [7, 11) is 1.87. The molecule has 5 rings (SSSR count). The van der Waals surface area contributed by atoms with E-state index in [0.29, 0.717) is 22.4 Å². The second-order valence-electron chi connectivity index (χ2n) is 8.55. The summed E-state index contributed by atoms with van der Waals surface area (Å²) in [6, 6.07) is 19.9. The molecule has 176 valence electrons. The van der Waals surface area contributed by atoms with Gasteiger partial charge in [0.25, 0.3) is 17.7 Å². The van der Waals surface area contributed by atoms with E-state index in [-0.39, 0.29) is 24.3 Å². The Balaban J connectivity index is 1.39. The molecule has 1 aliphatic heterocycles. The van der Waals surface area contributed by atoms with E-state index in [4.69, 9.17) is 0 Å². The smallest absolute Gasteiger partial charge is 0.261 e. The second-order valence-corrected chi connectivity index (χ2v) is 9.80. The lowest BCUT2D eigenvalue weighted by atomic mass is 10.1. The predicted molar refractivity (Wildman–Crippen MR) is 134 cm³/mol. The molecule has 0 saturated heterocycles. The molecule has 1 aliphatic rings. The zero-order chi connectivity index (χ0) is 24.5. The van der Waals surface area contributed by atoms with Crippen LogP contribution >= 0.6 is 11.3 Å². The molecule has 3 amide bonds. The maximum Gasteiger partial charge on any atom is 0.261 e. The van der Waals surface area contributed by atoms with Crippen LogP contribution in [-0.4, -0.2) is 45.0 Å². The van der Waals surface area contributed by atoms with Crippen LogP contribution in [0.1, 0.15) is 40.8 Å². The lowest BCUT2D eigenvalue weighted by Crippen LogP contribution is -2.46. The van der Waals surface area contributed by atoms with Crippen LogP contribution in [0.5, 0.6) is 0 Å². The summed E-state index contributed by atoms with van der Waals surface area (Å²) in [5.74, 6) is -0.893. The zero-order valence-electron chi connectivity index (χ0n) is 19.4. The number of aromatic nitrogens is 2. The van der Waals surface area contributed by atoms with E-state index in [1.54, 1.807) is 35.1 Å². The van der Waals surface area contributed by atoms with Crippen LogP contribution in [0.2, 0.25) is 0 Å². The number of carbonyl (C=O) groups is 3. The van der Waals surface area contributed by atoms with Crippen molar-refractivity contribution in [3.8, 4) is 11.3 Å². The van der Waals surface area contributed by atoms with Crippen LogP contribution in [0.4, 0.5) is 0 Å². The van der Waals surface area contributed by atoms with E-state index in [1.165, 1.54) is 16.2 Å². The molecule has 35 heavy (non-hydrogen) atoms. The number of fused-ring (bicyclic) bond motifs is 1. The second kappa shape index (κ2) is 9.31. The van der Waals surface area contributed by atoms with Crippen LogP contribution in [0.15, 0.2) is 72.9 Å². The fraction of sp³-hybridized carbons (Fsp3) is 0.185. The summed E-state index contributed by atoms with van der Waals surface area (Å²) >= 11 is 1.41. The Kier molecular flexibility index (Phi) is 6.05. The SMILES string of the molecule is Cc1sc(C(=O)N[C@@H](Cc2ccccc2)CN2C(=O)c3ccccc3C2=O)cc1-c1ccnn1C. The molecular formula is C27H24N4O3S. The molecule has 4 aromatic rings. The van der Waals surface area contributed by atoms with Crippen molar-refractivity contribution in [2.45, 2.75) is 19.4 Å². The normalized spacial score (nSPS) is 13.7. The summed E-state index contributed by atoms with van der Waals surface area (Å²) in [5.41, 5.74) is 3.70. The first-order chi connectivity index (χ1) is 16.9. The van der Waals surface area contributed by atoms with Crippen LogP contribution < -0.4 is 5.32 Å². The van der Waals surface area contributed by atoms with Gasteiger partial charge in [0.1, 0.15) is 0 Å². The summed E-state index contributed by atoms with van der Waals surface area (Å²) in [6.45, 7) is 2.07. The number of nitrogens with one attached hydrogen (secondary N) is 1. The van der Waals surface area contributed by atoms with Crippen molar-refractivity contribution in [1.82, 2.24) is 20.0 Å². The molecule has 2 aromatic heterocycles. The van der Waals surface area contributed by atoms with Crippen LogP contribution in [-0.2, 0) is 13.5 Å². The Labute approximate surface area is 207 Å². The maximum absolute atomic E-state index is 13.3. The number of aryl methyl sites for hydroxylation is 2. The molecular weight excluding hydrogens is 460 g/mol. The zero-order valence-corrected chi connectivity index (χ0v) is 20.2. The van der Waals surface area contributed by atoms with Gasteiger partial charge in [0.15, 0.2) is 0 Å². The van der Waals surface area contributed by atoms with Crippen molar-refractivity contribution < 1.29 is 14.4 Å². The van der Waals surface area contributed by atoms with Gasteiger partial charge in [0, 0.05) is 30.2 Å². The molecule has 0 saturated carbocycles. The van der Waals surface area contributed by atoms with E-state index in [0.717, 1.165) is 21.7 Å². The fourth-order valence-corrected chi connectivity index (χ4v) is 5.36. The minimum Gasteiger partial charge on any atom is -0.346 e. The first-order valence-electron chi connectivity index (χ1n) is 11.3. The van der Waals surface area contributed by atoms with E-state index in [2.05, 4.69) is 10.4 Å². The predicted octanol–water partition coefficient (Wildman–Crippen LogP) is 4.09. The largest absolute Gasteiger partial charge is 0.346 e. The van der Waals surface area contributed by atoms with E-state index < -0.39 is 6.04 Å². The van der Waals surface area contributed by atoms with Gasteiger partial charge in [-0.2, -0.15) is 5.10 Å². The molecule has 0 bridgehead atoms. The van der Waals surface area contributed by atoms with Gasteiger partial charge in [0.05, 0.1) is 27.7 Å². The third-order valence-corrected chi connectivity index (χ3v) is 7.23. The highest BCUT2D eigenvalue weighted by molar-refractivity contribution is 7.14. The number of rotatable bonds is 7. The first-order valence-corrected chi connectivity index (χ1v) is 12.1. The highest BCUT2D eigenvalue weighted by Gasteiger charge is 2.36. The Morgan fingerprint density at radius 1 is 0.971 bits per heavy atom. The average Bonchev–Trinajstić information content (AvgIpc) is 3.52. The average molecular weight is 485 g/mol. The maximum atomic E-state index is 13.3. The summed E-state index contributed by atoms with van der Waals surface area (Å²) in [6.07, 6.45) is 2.21. The minimum absolute atomic E-state index is 0.0892. The molecule has 0 fully saturated rings. The molecule has 0 spiro atoms. The van der Waals surface area contributed by atoms with Crippen molar-refractivity contribution in [2.75, 3.05) is 6.54 Å². The van der Waals surface area contributed by atoms with Gasteiger partial charge in [0.2, 0.25) is 0 Å². The number of hydrogen-bond acceptors (Lipinski definition) is 5. The van der Waals surface area contributed by atoms with E-state index >= 15 is 0 Å². The van der Waals surface area contributed by atoms with Gasteiger partial charge in [-0.25, -0.2) is 0 Å². The summed E-state index contributed by atoms with van der Waals surface area (Å²) in [4.78, 5) is 42.0. The van der Waals surface area contributed by atoms with Crippen molar-refractivity contribution in [3.05, 3.63) is 99.4 Å². The summed E-state index contributed by atoms with van der Waals surface area (Å²) < 4.78 is 1.78. The number of benzene rings is 2. The highest BCUT2D eigenvalue weighted by atomic mass is 32.1. The third kappa shape index (κ3) is 4.40. The molecule has 7 nitrogen and oxygen atoms in total. The van der Waals surface area contributed by atoms with Crippen molar-refractivity contribution in [3.63, 3.8) is 0 Å². The minimum atomic E-state index is -0.449. The number of carbonyl (C=O) groups excluding carboxylic acids is 3. The van der Waals surface area contributed by atoms with Gasteiger partial charge >= 0.3 is 0 Å². The summed E-state index contributed by atoms with van der Waals surface area (Å²) in [5, 5.41) is 7.30. The Hall–Kier alpha value is -4.04. The van der Waals surface area contributed by atoms with E-state index in [9.17, 15) is 14.4 Å². The Morgan fingerprint density at radius 2 is 1.63 bits per heavy atom. The van der Waals surface area contributed by atoms with Gasteiger partial charge in [-0.3, -0.25) is 24.0 Å². The van der Waals surface area contributed by atoms with Crippen LogP contribution in [0.3, 0.4) is 0 Å². The monoisotopic (exact) mass is 484 g/mol. The van der Waals surface area contributed by atoms with Gasteiger partial charge in [-0.05, 0) is 43.2 Å². The third-order valence-electron chi connectivity index (χ3n) is 6.18. The van der Waals surface area contributed by atoms with E-state index in [1.807, 2.05) is 56.4 Å². The Bertz CT molecular complexity index is 1390. The molecule has 0 aliphatic carbocycles. The number of imide groups is 1. The molecule has 8 heteroatoms. The molecule has 0 radical (unpaired) electrons. The lowest BCUT2D eigenvalue weighted by molar-refractivity contribution is 0.0629. The first kappa shape index (κ1) is 22.7. The number of hydrogen-bond donors (Lipinski definition) is 1. The van der Waals surface area contributed by atoms with Crippen LogP contribution in [0, 0.1) is 6.92 Å². The lowest BCUT2D eigenvalue weighted by Gasteiger charge is -2.23. The number of thiophene rings is 1. The number of nitrogens with zero attached hydrogens (tertiary/aromatic N) is 3. The fourth-order valence-electron chi connectivity index (χ4n) is 4.43. The molecule has 1 N–H and O–H groups in total. The molecule has 1 atom stereocenters. The molecule has 2 aromatic carbocycles. The standard InChI is InChI=1S/C27H24N4O3S/c1-17-22(23-12-13-28-30(23)2)15-24(35-17)25(32)29-19(14-18-8-4-3-5-9-18)16-31-26(33)20-10-6-7-11-21(20)27(31)34/h3-13,15,19H,14,16H2,1-2H3,(H,29,32)/t19-/m0/s1. The highest BCUT2D eigenvalue weighted by Crippen LogP contribution is 2.31. The van der Waals surface area contributed by atoms with Gasteiger partial charge in [-0.15, -0.1) is 11.3 Å². The molecule has 3 heterocycles. The van der Waals surface area contributed by atoms with Gasteiger partial charge < -0.3 is 5.32 Å². The van der Waals surface area contributed by atoms with Crippen molar-refractivity contribution >= 4 is 29.1 Å². The number of amides is 3. The van der Waals surface area contributed by atoms with Crippen molar-refractivity contribution in [2.24, 2.45) is 7.05 Å². The molecule has 0 unspecified atom stereocenters.